The summed E-state index contributed by atoms with van der Waals surface area (Å²) in [5.74, 6) is -0.940. The molecular weight excluding hydrogens is 382 g/mol. The van der Waals surface area contributed by atoms with Crippen LogP contribution in [-0.2, 0) is 9.59 Å². The van der Waals surface area contributed by atoms with Crippen LogP contribution in [0, 0.1) is 10.1 Å². The number of hydrogen-bond acceptors (Lipinski definition) is 7. The summed E-state index contributed by atoms with van der Waals surface area (Å²) in [4.78, 5) is 48.3. The second-order valence-electron chi connectivity index (χ2n) is 5.85. The highest BCUT2D eigenvalue weighted by molar-refractivity contribution is 6.39. The molecule has 10 heteroatoms. The molecule has 0 saturated carbocycles. The van der Waals surface area contributed by atoms with Crippen LogP contribution >= 0.6 is 0 Å². The highest BCUT2D eigenvalue weighted by atomic mass is 16.6. The van der Waals surface area contributed by atoms with Crippen molar-refractivity contribution in [1.82, 2.24) is 5.32 Å². The van der Waals surface area contributed by atoms with Gasteiger partial charge in [-0.05, 0) is 29.8 Å². The maximum Gasteiger partial charge on any atom is 0.335 e. The lowest BCUT2D eigenvalue weighted by Gasteiger charge is -2.26. The first-order valence-corrected chi connectivity index (χ1v) is 8.23. The Morgan fingerprint density at radius 2 is 1.76 bits per heavy atom. The maximum absolute atomic E-state index is 12.9. The number of hydrogen-bond donors (Lipinski definition) is 1. The summed E-state index contributed by atoms with van der Waals surface area (Å²) in [5.41, 5.74) is -0.198. The number of methoxy groups -OCH3 is 2. The molecule has 1 heterocycles. The van der Waals surface area contributed by atoms with Crippen molar-refractivity contribution in [2.24, 2.45) is 0 Å². The van der Waals surface area contributed by atoms with Crippen molar-refractivity contribution in [2.75, 3.05) is 19.1 Å². The summed E-state index contributed by atoms with van der Waals surface area (Å²) in [5, 5.41) is 13.0. The molecular formula is C19H15N3O7. The molecule has 0 aliphatic carbocycles. The minimum Gasteiger partial charge on any atom is -0.493 e. The van der Waals surface area contributed by atoms with Gasteiger partial charge in [-0.25, -0.2) is 9.69 Å². The molecule has 0 aromatic heterocycles. The van der Waals surface area contributed by atoms with Crippen molar-refractivity contribution in [1.29, 1.82) is 0 Å². The number of carbonyl (C=O) groups is 3. The van der Waals surface area contributed by atoms with Gasteiger partial charge in [0.25, 0.3) is 17.5 Å². The van der Waals surface area contributed by atoms with E-state index in [0.29, 0.717) is 22.0 Å². The van der Waals surface area contributed by atoms with Gasteiger partial charge in [-0.1, -0.05) is 12.1 Å². The Bertz CT molecular complexity index is 1060. The molecule has 3 rings (SSSR count). The van der Waals surface area contributed by atoms with Crippen molar-refractivity contribution in [3.8, 4) is 11.5 Å². The van der Waals surface area contributed by atoms with Crippen molar-refractivity contribution in [3.05, 3.63) is 63.7 Å². The maximum atomic E-state index is 12.9. The number of ether oxygens (including phenoxy) is 2. The summed E-state index contributed by atoms with van der Waals surface area (Å²) in [7, 11) is 2.91. The summed E-state index contributed by atoms with van der Waals surface area (Å²) in [6.07, 6.45) is 1.29. The number of urea groups is 1. The molecule has 0 bridgehead atoms. The van der Waals surface area contributed by atoms with Crippen LogP contribution in [0.2, 0.25) is 0 Å². The van der Waals surface area contributed by atoms with E-state index in [1.807, 2.05) is 0 Å². The second kappa shape index (κ2) is 7.80. The van der Waals surface area contributed by atoms with E-state index in [4.69, 9.17) is 9.47 Å². The fourth-order valence-corrected chi connectivity index (χ4v) is 2.75. The van der Waals surface area contributed by atoms with E-state index in [9.17, 15) is 24.5 Å². The van der Waals surface area contributed by atoms with E-state index in [1.54, 1.807) is 18.2 Å². The average Bonchev–Trinajstić information content (AvgIpc) is 2.71. The highest BCUT2D eigenvalue weighted by Gasteiger charge is 2.37. The third-order valence-electron chi connectivity index (χ3n) is 4.12. The number of nitro groups is 1. The van der Waals surface area contributed by atoms with Crippen LogP contribution in [0.1, 0.15) is 5.56 Å². The number of non-ortho nitro benzene ring substituents is 1. The number of nitro benzene ring substituents is 1. The molecule has 0 unspecified atom stereocenters. The Hall–Kier alpha value is -4.21. The highest BCUT2D eigenvalue weighted by Crippen LogP contribution is 2.30. The predicted molar refractivity (Wildman–Crippen MR) is 102 cm³/mol. The van der Waals surface area contributed by atoms with Crippen LogP contribution in [0.25, 0.3) is 6.08 Å². The fraction of sp³-hybridized carbons (Fsp3) is 0.105. The molecule has 2 aromatic rings. The summed E-state index contributed by atoms with van der Waals surface area (Å²) >= 11 is 0. The largest absolute Gasteiger partial charge is 0.493 e. The molecule has 148 valence electrons. The molecule has 1 fully saturated rings. The Balaban J connectivity index is 2.02. The summed E-state index contributed by atoms with van der Waals surface area (Å²) in [6, 6.07) is 8.74. The average molecular weight is 397 g/mol. The van der Waals surface area contributed by atoms with Gasteiger partial charge in [0.1, 0.15) is 5.57 Å². The zero-order chi connectivity index (χ0) is 21.1. The first-order chi connectivity index (χ1) is 13.8. The number of nitrogens with zero attached hydrogens (tertiary/aromatic N) is 2. The van der Waals surface area contributed by atoms with Crippen LogP contribution in [0.15, 0.2) is 48.0 Å². The van der Waals surface area contributed by atoms with Gasteiger partial charge in [-0.3, -0.25) is 25.0 Å². The Morgan fingerprint density at radius 1 is 1.03 bits per heavy atom. The topological polar surface area (TPSA) is 128 Å². The third-order valence-corrected chi connectivity index (χ3v) is 4.12. The smallest absolute Gasteiger partial charge is 0.335 e. The number of anilines is 1. The van der Waals surface area contributed by atoms with Crippen LogP contribution in [-0.4, -0.2) is 37.0 Å². The summed E-state index contributed by atoms with van der Waals surface area (Å²) < 4.78 is 10.3. The second-order valence-corrected chi connectivity index (χ2v) is 5.85. The van der Waals surface area contributed by atoms with Crippen molar-refractivity contribution < 1.29 is 28.8 Å². The van der Waals surface area contributed by atoms with Gasteiger partial charge < -0.3 is 9.47 Å². The summed E-state index contributed by atoms with van der Waals surface area (Å²) in [6.45, 7) is 0. The number of rotatable bonds is 5. The predicted octanol–water partition coefficient (Wildman–Crippen LogP) is 2.28. The van der Waals surface area contributed by atoms with Gasteiger partial charge in [0.05, 0.1) is 24.8 Å². The number of nitrogens with one attached hydrogen (secondary N) is 1. The normalized spacial score (nSPS) is 15.3. The van der Waals surface area contributed by atoms with Gasteiger partial charge in [0, 0.05) is 12.1 Å². The van der Waals surface area contributed by atoms with E-state index >= 15 is 0 Å². The first kappa shape index (κ1) is 19.5. The van der Waals surface area contributed by atoms with Crippen molar-refractivity contribution in [3.63, 3.8) is 0 Å². The standard InChI is InChI=1S/C19H15N3O7/c1-28-15-7-6-11(9-16(15)29-2)8-14-17(23)20-19(25)21(18(14)24)12-4-3-5-13(10-12)22(26)27/h3-10H,1-2H3,(H,20,23,25)/b14-8+. The van der Waals surface area contributed by atoms with Gasteiger partial charge in [0.2, 0.25) is 0 Å². The van der Waals surface area contributed by atoms with E-state index in [1.165, 1.54) is 38.5 Å². The number of barbiturate groups is 1. The molecule has 1 aliphatic rings. The molecule has 0 radical (unpaired) electrons. The molecule has 4 amide bonds. The molecule has 1 aliphatic heterocycles. The van der Waals surface area contributed by atoms with Crippen molar-refractivity contribution >= 4 is 35.3 Å². The van der Waals surface area contributed by atoms with Crippen LogP contribution in [0.5, 0.6) is 11.5 Å². The number of carbonyl (C=O) groups excluding carboxylic acids is 3. The molecule has 2 aromatic carbocycles. The molecule has 29 heavy (non-hydrogen) atoms. The van der Waals surface area contributed by atoms with Crippen LogP contribution < -0.4 is 19.7 Å². The van der Waals surface area contributed by atoms with Gasteiger partial charge >= 0.3 is 6.03 Å². The zero-order valence-electron chi connectivity index (χ0n) is 15.4. The van der Waals surface area contributed by atoms with Crippen molar-refractivity contribution in [2.45, 2.75) is 0 Å². The van der Waals surface area contributed by atoms with Gasteiger partial charge in [-0.2, -0.15) is 0 Å². The van der Waals surface area contributed by atoms with Crippen LogP contribution in [0.3, 0.4) is 0 Å². The fourth-order valence-electron chi connectivity index (χ4n) is 2.75. The Labute approximate surface area is 164 Å². The molecule has 10 nitrogen and oxygen atoms in total. The number of amides is 4. The molecule has 0 atom stereocenters. The van der Waals surface area contributed by atoms with Crippen LogP contribution in [0.4, 0.5) is 16.2 Å². The third kappa shape index (κ3) is 3.76. The zero-order valence-corrected chi connectivity index (χ0v) is 15.4. The van der Waals surface area contributed by atoms with E-state index in [0.717, 1.165) is 6.07 Å². The molecule has 1 N–H and O–H groups in total. The number of imide groups is 2. The Morgan fingerprint density at radius 3 is 2.41 bits per heavy atom. The lowest BCUT2D eigenvalue weighted by molar-refractivity contribution is -0.384. The van der Waals surface area contributed by atoms with Gasteiger partial charge in [-0.15, -0.1) is 0 Å². The quantitative estimate of drug-likeness (QED) is 0.355. The minimum atomic E-state index is -0.995. The number of benzene rings is 2. The molecule has 1 saturated heterocycles. The minimum absolute atomic E-state index is 0.0348. The lowest BCUT2D eigenvalue weighted by Crippen LogP contribution is -2.54. The van der Waals surface area contributed by atoms with Gasteiger partial charge in [0.15, 0.2) is 11.5 Å². The SMILES string of the molecule is COc1ccc(/C=C2\C(=O)NC(=O)N(c3cccc([N+](=O)[O-])c3)C2=O)cc1OC. The van der Waals surface area contributed by atoms with E-state index < -0.39 is 22.8 Å². The van der Waals surface area contributed by atoms with E-state index in [-0.39, 0.29) is 16.9 Å². The lowest BCUT2D eigenvalue weighted by atomic mass is 10.1. The first-order valence-electron chi connectivity index (χ1n) is 8.23. The Kier molecular flexibility index (Phi) is 5.26. The van der Waals surface area contributed by atoms with E-state index in [2.05, 4.69) is 5.32 Å². The molecule has 0 spiro atoms. The monoisotopic (exact) mass is 397 g/mol.